The van der Waals surface area contributed by atoms with Crippen molar-refractivity contribution >= 4 is 17.6 Å². The van der Waals surface area contributed by atoms with Crippen molar-refractivity contribution in [1.82, 2.24) is 20.2 Å². The lowest BCUT2D eigenvalue weighted by atomic mass is 10.3. The van der Waals surface area contributed by atoms with Gasteiger partial charge in [0.15, 0.2) is 0 Å². The van der Waals surface area contributed by atoms with Gasteiger partial charge in [0.05, 0.1) is 11.9 Å². The number of tetrazole rings is 1. The summed E-state index contributed by atoms with van der Waals surface area (Å²) in [5.41, 5.74) is 5.39. The molecular formula is C10H18N6S. The number of nitrogens with zero attached hydrogens (tertiary/aromatic N) is 4. The van der Waals surface area contributed by atoms with Gasteiger partial charge in [-0.15, -0.1) is 5.10 Å². The molecule has 1 aromatic rings. The minimum Gasteiger partial charge on any atom is -0.388 e. The lowest BCUT2D eigenvalue weighted by molar-refractivity contribution is 0.422. The van der Waals surface area contributed by atoms with Crippen LogP contribution in [0.3, 0.4) is 0 Å². The number of thioether (sulfide) groups is 1. The molecule has 0 bridgehead atoms. The van der Waals surface area contributed by atoms with E-state index in [1.807, 2.05) is 11.6 Å². The molecule has 0 saturated heterocycles. The molecule has 2 rings (SSSR count). The summed E-state index contributed by atoms with van der Waals surface area (Å²) in [6.07, 6.45) is 5.43. The fourth-order valence-corrected chi connectivity index (χ4v) is 3.17. The third-order valence-corrected chi connectivity index (χ3v) is 4.00. The van der Waals surface area contributed by atoms with E-state index in [1.54, 1.807) is 11.8 Å². The Morgan fingerprint density at radius 2 is 2.29 bits per heavy atom. The van der Waals surface area contributed by atoms with Gasteiger partial charge in [-0.1, -0.05) is 31.5 Å². The quantitative estimate of drug-likeness (QED) is 0.473. The Labute approximate surface area is 105 Å². The molecular weight excluding hydrogens is 236 g/mol. The smallest absolute Gasteiger partial charge is 0.209 e. The summed E-state index contributed by atoms with van der Waals surface area (Å²) >= 11 is 1.60. The molecule has 0 radical (unpaired) electrons. The fraction of sp³-hybridized carbons (Fsp3) is 0.800. The molecule has 1 atom stereocenters. The second-order valence-electron chi connectivity index (χ2n) is 4.50. The minimum absolute atomic E-state index is 0.213. The molecule has 7 heteroatoms. The van der Waals surface area contributed by atoms with Crippen molar-refractivity contribution < 1.29 is 0 Å². The normalized spacial score (nSPS) is 18.4. The summed E-state index contributed by atoms with van der Waals surface area (Å²) in [6, 6.07) is 0.456. The summed E-state index contributed by atoms with van der Waals surface area (Å²) in [5, 5.41) is 20.3. The number of hydrogen-bond donors (Lipinski definition) is 2. The van der Waals surface area contributed by atoms with Crippen LogP contribution >= 0.6 is 11.8 Å². The molecule has 1 fully saturated rings. The molecule has 94 valence electrons. The maximum Gasteiger partial charge on any atom is 0.209 e. The van der Waals surface area contributed by atoms with E-state index in [4.69, 9.17) is 11.1 Å². The van der Waals surface area contributed by atoms with Gasteiger partial charge >= 0.3 is 0 Å². The Morgan fingerprint density at radius 1 is 1.59 bits per heavy atom. The SMILES string of the molecule is CC(CC(=N)N)Sc1nnnn1C1CCCC1. The Balaban J connectivity index is 2.00. The average Bonchev–Trinajstić information content (AvgIpc) is 2.84. The van der Waals surface area contributed by atoms with Crippen LogP contribution in [0.2, 0.25) is 0 Å². The van der Waals surface area contributed by atoms with E-state index in [0.29, 0.717) is 12.5 Å². The Morgan fingerprint density at radius 3 is 2.94 bits per heavy atom. The van der Waals surface area contributed by atoms with Crippen molar-refractivity contribution in [1.29, 1.82) is 5.41 Å². The predicted molar refractivity (Wildman–Crippen MR) is 67.2 cm³/mol. The zero-order valence-electron chi connectivity index (χ0n) is 9.96. The number of amidine groups is 1. The van der Waals surface area contributed by atoms with Crippen LogP contribution in [0.25, 0.3) is 0 Å². The Kier molecular flexibility index (Phi) is 3.98. The third-order valence-electron chi connectivity index (χ3n) is 2.95. The molecule has 6 nitrogen and oxygen atoms in total. The highest BCUT2D eigenvalue weighted by molar-refractivity contribution is 7.99. The molecule has 1 saturated carbocycles. The summed E-state index contributed by atoms with van der Waals surface area (Å²) in [7, 11) is 0. The van der Waals surface area contributed by atoms with Crippen molar-refractivity contribution in [3.63, 3.8) is 0 Å². The van der Waals surface area contributed by atoms with Gasteiger partial charge in [0.1, 0.15) is 0 Å². The average molecular weight is 254 g/mol. The second kappa shape index (κ2) is 5.48. The van der Waals surface area contributed by atoms with Crippen LogP contribution in [0, 0.1) is 5.41 Å². The van der Waals surface area contributed by atoms with Gasteiger partial charge in [-0.25, -0.2) is 4.68 Å². The zero-order chi connectivity index (χ0) is 12.3. The molecule has 0 aromatic carbocycles. The van der Waals surface area contributed by atoms with Crippen molar-refractivity contribution in [2.24, 2.45) is 5.73 Å². The topological polar surface area (TPSA) is 93.5 Å². The molecule has 3 N–H and O–H groups in total. The van der Waals surface area contributed by atoms with Gasteiger partial charge in [-0.05, 0) is 23.3 Å². The molecule has 1 heterocycles. The first-order valence-corrected chi connectivity index (χ1v) is 6.82. The van der Waals surface area contributed by atoms with E-state index in [9.17, 15) is 0 Å². The monoisotopic (exact) mass is 254 g/mol. The minimum atomic E-state index is 0.213. The van der Waals surface area contributed by atoms with Crippen LogP contribution in [0.15, 0.2) is 5.16 Å². The van der Waals surface area contributed by atoms with Gasteiger partial charge in [-0.2, -0.15) is 0 Å². The van der Waals surface area contributed by atoms with E-state index in [2.05, 4.69) is 15.5 Å². The van der Waals surface area contributed by atoms with Crippen molar-refractivity contribution in [2.45, 2.75) is 55.5 Å². The molecule has 1 unspecified atom stereocenters. The van der Waals surface area contributed by atoms with Gasteiger partial charge in [0.2, 0.25) is 5.16 Å². The van der Waals surface area contributed by atoms with Crippen molar-refractivity contribution in [3.8, 4) is 0 Å². The van der Waals surface area contributed by atoms with E-state index >= 15 is 0 Å². The largest absolute Gasteiger partial charge is 0.388 e. The highest BCUT2D eigenvalue weighted by atomic mass is 32.2. The first kappa shape index (κ1) is 12.3. The molecule has 1 aliphatic carbocycles. The van der Waals surface area contributed by atoms with E-state index in [0.717, 1.165) is 5.16 Å². The highest BCUT2D eigenvalue weighted by Gasteiger charge is 2.22. The molecule has 0 amide bonds. The molecule has 1 aromatic heterocycles. The van der Waals surface area contributed by atoms with Crippen LogP contribution in [0.5, 0.6) is 0 Å². The maximum atomic E-state index is 7.28. The van der Waals surface area contributed by atoms with Gasteiger partial charge in [-0.3, -0.25) is 5.41 Å². The number of rotatable bonds is 5. The fourth-order valence-electron chi connectivity index (χ4n) is 2.17. The maximum absolute atomic E-state index is 7.28. The van der Waals surface area contributed by atoms with Crippen molar-refractivity contribution in [2.75, 3.05) is 0 Å². The number of nitrogens with one attached hydrogen (secondary N) is 1. The summed E-state index contributed by atoms with van der Waals surface area (Å²) in [5.74, 6) is 0.213. The first-order valence-electron chi connectivity index (χ1n) is 5.94. The van der Waals surface area contributed by atoms with Gasteiger partial charge < -0.3 is 5.73 Å². The molecule has 1 aliphatic rings. The number of nitrogens with two attached hydrogens (primary N) is 1. The van der Waals surface area contributed by atoms with Gasteiger partial charge in [0.25, 0.3) is 0 Å². The Bertz CT molecular complexity index is 384. The van der Waals surface area contributed by atoms with Crippen molar-refractivity contribution in [3.05, 3.63) is 0 Å². The predicted octanol–water partition coefficient (Wildman–Crippen LogP) is 1.59. The van der Waals surface area contributed by atoms with E-state index in [1.165, 1.54) is 25.7 Å². The first-order chi connectivity index (χ1) is 8.16. The van der Waals surface area contributed by atoms with E-state index in [-0.39, 0.29) is 11.1 Å². The second-order valence-corrected chi connectivity index (χ2v) is 5.91. The summed E-state index contributed by atoms with van der Waals surface area (Å²) < 4.78 is 1.94. The van der Waals surface area contributed by atoms with Crippen LogP contribution in [-0.4, -0.2) is 31.3 Å². The van der Waals surface area contributed by atoms with Crippen LogP contribution in [0.1, 0.15) is 45.1 Å². The number of aromatic nitrogens is 4. The lowest BCUT2D eigenvalue weighted by Gasteiger charge is -2.13. The van der Waals surface area contributed by atoms with E-state index < -0.39 is 0 Å². The summed E-state index contributed by atoms with van der Waals surface area (Å²) in [4.78, 5) is 0. The Hall–Kier alpha value is -1.11. The molecule has 17 heavy (non-hydrogen) atoms. The van der Waals surface area contributed by atoms with Crippen LogP contribution < -0.4 is 5.73 Å². The molecule has 0 spiro atoms. The standard InChI is InChI=1S/C10H18N6S/c1-7(6-9(11)12)17-10-13-14-15-16(10)8-4-2-3-5-8/h7-8H,2-6H2,1H3,(H3,11,12). The zero-order valence-corrected chi connectivity index (χ0v) is 10.8. The lowest BCUT2D eigenvalue weighted by Crippen LogP contribution is -2.16. The highest BCUT2D eigenvalue weighted by Crippen LogP contribution is 2.32. The van der Waals surface area contributed by atoms with Crippen LogP contribution in [0.4, 0.5) is 0 Å². The van der Waals surface area contributed by atoms with Crippen LogP contribution in [-0.2, 0) is 0 Å². The molecule has 0 aliphatic heterocycles. The summed E-state index contributed by atoms with van der Waals surface area (Å²) in [6.45, 7) is 2.04. The third kappa shape index (κ3) is 3.18. The van der Waals surface area contributed by atoms with Gasteiger partial charge in [0, 0.05) is 11.7 Å². The number of hydrogen-bond acceptors (Lipinski definition) is 5.